The number of carbonyl (C=O) groups excluding carboxylic acids is 2. The fraction of sp³-hybridized carbons (Fsp3) is 0.265. The highest BCUT2D eigenvalue weighted by Gasteiger charge is 2.36. The first kappa shape index (κ1) is 31.3. The third kappa shape index (κ3) is 6.64. The molecule has 0 saturated carbocycles. The minimum atomic E-state index is -1.08. The van der Waals surface area contributed by atoms with E-state index in [4.69, 9.17) is 9.84 Å². The van der Waals surface area contributed by atoms with Gasteiger partial charge in [0.25, 0.3) is 5.91 Å². The van der Waals surface area contributed by atoms with Crippen molar-refractivity contribution in [3.05, 3.63) is 90.0 Å². The molecule has 1 N–H and O–H groups in total. The second-order valence-electron chi connectivity index (χ2n) is 12.2. The summed E-state index contributed by atoms with van der Waals surface area (Å²) in [4.78, 5) is 50.5. The molecule has 0 radical (unpaired) electrons. The van der Waals surface area contributed by atoms with E-state index in [0.29, 0.717) is 52.6 Å². The van der Waals surface area contributed by atoms with Crippen LogP contribution < -0.4 is 4.90 Å². The zero-order valence-electron chi connectivity index (χ0n) is 26.0. The summed E-state index contributed by atoms with van der Waals surface area (Å²) < 4.78 is 23.0. The fourth-order valence-electron chi connectivity index (χ4n) is 5.61. The quantitative estimate of drug-likeness (QED) is 0.234. The number of piperidine rings is 1. The number of anilines is 1. The van der Waals surface area contributed by atoms with Crippen LogP contribution in [0.1, 0.15) is 49.5 Å². The number of amides is 2. The van der Waals surface area contributed by atoms with Crippen LogP contribution in [0.4, 0.5) is 15.0 Å². The van der Waals surface area contributed by atoms with Crippen LogP contribution in [-0.4, -0.2) is 77.7 Å². The number of rotatable bonds is 6. The summed E-state index contributed by atoms with van der Waals surface area (Å²) >= 11 is 0. The third-order valence-corrected chi connectivity index (χ3v) is 7.68. The summed E-state index contributed by atoms with van der Waals surface area (Å²) in [6, 6.07) is 14.1. The van der Waals surface area contributed by atoms with Crippen molar-refractivity contribution < 1.29 is 28.6 Å². The van der Waals surface area contributed by atoms with E-state index in [1.807, 2.05) is 0 Å². The Hall–Kier alpha value is -5.72. The Morgan fingerprint density at radius 3 is 2.66 bits per heavy atom. The van der Waals surface area contributed by atoms with Crippen LogP contribution in [-0.2, 0) is 9.53 Å². The Morgan fingerprint density at radius 1 is 1.06 bits per heavy atom. The van der Waals surface area contributed by atoms with Crippen molar-refractivity contribution >= 4 is 51.8 Å². The lowest BCUT2D eigenvalue weighted by Crippen LogP contribution is -2.53. The van der Waals surface area contributed by atoms with Crippen LogP contribution in [0.5, 0.6) is 0 Å². The van der Waals surface area contributed by atoms with Crippen LogP contribution >= 0.6 is 0 Å². The SMILES string of the molecule is CC(C)(C)OC(=O)N1CCC[C@@H](N(C(=O)c2ccc(-n3nnc4cccnc43)cc2F)c2nccc3cc(/C=C/C(=O)O)ccc23)C1. The van der Waals surface area contributed by atoms with Crippen molar-refractivity contribution in [2.75, 3.05) is 18.0 Å². The predicted octanol–water partition coefficient (Wildman–Crippen LogP) is 5.65. The normalized spacial score (nSPS) is 15.3. The van der Waals surface area contributed by atoms with E-state index < -0.39 is 35.4 Å². The molecule has 2 amide bonds. The van der Waals surface area contributed by atoms with Gasteiger partial charge in [-0.05, 0) is 87.0 Å². The molecule has 0 spiro atoms. The van der Waals surface area contributed by atoms with Gasteiger partial charge in [-0.1, -0.05) is 17.3 Å². The molecule has 1 saturated heterocycles. The Labute approximate surface area is 269 Å². The van der Waals surface area contributed by atoms with Gasteiger partial charge in [-0.15, -0.1) is 5.10 Å². The average Bonchev–Trinajstić information content (AvgIpc) is 3.47. The molecule has 1 atom stereocenters. The first-order valence-electron chi connectivity index (χ1n) is 15.1. The number of benzene rings is 2. The molecular formula is C34H32FN7O5. The molecule has 6 rings (SSSR count). The molecule has 47 heavy (non-hydrogen) atoms. The molecule has 0 aliphatic carbocycles. The van der Waals surface area contributed by atoms with E-state index in [-0.39, 0.29) is 17.9 Å². The molecule has 1 aliphatic rings. The number of nitrogens with zero attached hydrogens (tertiary/aromatic N) is 7. The van der Waals surface area contributed by atoms with Gasteiger partial charge in [0.15, 0.2) is 5.65 Å². The molecule has 240 valence electrons. The lowest BCUT2D eigenvalue weighted by atomic mass is 10.0. The second kappa shape index (κ2) is 12.6. The Balaban J connectivity index is 1.41. The fourth-order valence-corrected chi connectivity index (χ4v) is 5.61. The van der Waals surface area contributed by atoms with Crippen LogP contribution in [0.2, 0.25) is 0 Å². The third-order valence-electron chi connectivity index (χ3n) is 7.68. The van der Waals surface area contributed by atoms with Crippen molar-refractivity contribution in [2.45, 2.75) is 45.3 Å². The number of halogens is 1. The lowest BCUT2D eigenvalue weighted by molar-refractivity contribution is -0.131. The second-order valence-corrected chi connectivity index (χ2v) is 12.2. The number of pyridine rings is 2. The van der Waals surface area contributed by atoms with E-state index in [2.05, 4.69) is 20.3 Å². The Bertz CT molecular complexity index is 2040. The zero-order valence-corrected chi connectivity index (χ0v) is 26.0. The lowest BCUT2D eigenvalue weighted by Gasteiger charge is -2.39. The van der Waals surface area contributed by atoms with E-state index in [9.17, 15) is 14.4 Å². The molecule has 0 bridgehead atoms. The largest absolute Gasteiger partial charge is 0.478 e. The maximum Gasteiger partial charge on any atom is 0.410 e. The number of aliphatic carboxylic acids is 1. The van der Waals surface area contributed by atoms with Gasteiger partial charge in [0.2, 0.25) is 0 Å². The molecule has 13 heteroatoms. The van der Waals surface area contributed by atoms with Gasteiger partial charge in [-0.25, -0.2) is 23.9 Å². The van der Waals surface area contributed by atoms with Gasteiger partial charge in [0, 0.05) is 43.0 Å². The van der Waals surface area contributed by atoms with Crippen LogP contribution in [0.25, 0.3) is 33.7 Å². The average molecular weight is 638 g/mol. The highest BCUT2D eigenvalue weighted by Crippen LogP contribution is 2.32. The predicted molar refractivity (Wildman–Crippen MR) is 173 cm³/mol. The summed E-state index contributed by atoms with van der Waals surface area (Å²) in [6.07, 6.45) is 6.24. The van der Waals surface area contributed by atoms with E-state index >= 15 is 4.39 Å². The minimum absolute atomic E-state index is 0.147. The number of ether oxygens (including phenoxy) is 1. The molecule has 0 unspecified atom stereocenters. The molecule has 1 fully saturated rings. The first-order chi connectivity index (χ1) is 22.5. The minimum Gasteiger partial charge on any atom is -0.478 e. The number of likely N-dealkylation sites (tertiary alicyclic amines) is 1. The summed E-state index contributed by atoms with van der Waals surface area (Å²) in [5.41, 5.74) is 1.05. The molecule has 12 nitrogen and oxygen atoms in total. The van der Waals surface area contributed by atoms with Gasteiger partial charge >= 0.3 is 12.1 Å². The molecule has 3 aromatic heterocycles. The van der Waals surface area contributed by atoms with E-state index in [1.165, 1.54) is 27.8 Å². The van der Waals surface area contributed by atoms with Gasteiger partial charge in [-0.2, -0.15) is 4.68 Å². The number of hydrogen-bond donors (Lipinski definition) is 1. The van der Waals surface area contributed by atoms with Crippen LogP contribution in [0.15, 0.2) is 73.1 Å². The van der Waals surface area contributed by atoms with Crippen molar-refractivity contribution in [3.8, 4) is 5.69 Å². The number of aromatic nitrogens is 5. The van der Waals surface area contributed by atoms with Gasteiger partial charge in [0.1, 0.15) is 22.8 Å². The highest BCUT2D eigenvalue weighted by atomic mass is 19.1. The number of fused-ring (bicyclic) bond motifs is 2. The van der Waals surface area contributed by atoms with Crippen LogP contribution in [0.3, 0.4) is 0 Å². The smallest absolute Gasteiger partial charge is 0.410 e. The van der Waals surface area contributed by atoms with E-state index in [1.54, 1.807) is 80.5 Å². The molecule has 1 aliphatic heterocycles. The topological polar surface area (TPSA) is 144 Å². The maximum absolute atomic E-state index is 16.0. The monoisotopic (exact) mass is 637 g/mol. The van der Waals surface area contributed by atoms with Gasteiger partial charge in [0.05, 0.1) is 17.3 Å². The van der Waals surface area contributed by atoms with E-state index in [0.717, 1.165) is 6.08 Å². The molecule has 2 aromatic carbocycles. The Kier molecular flexibility index (Phi) is 8.37. The zero-order chi connectivity index (χ0) is 33.3. The van der Waals surface area contributed by atoms with Crippen molar-refractivity contribution in [2.24, 2.45) is 0 Å². The number of hydrogen-bond acceptors (Lipinski definition) is 8. The van der Waals surface area contributed by atoms with Crippen molar-refractivity contribution in [3.63, 3.8) is 0 Å². The highest BCUT2D eigenvalue weighted by molar-refractivity contribution is 6.10. The number of carboxylic acid groups (broad SMARTS) is 1. The summed E-state index contributed by atoms with van der Waals surface area (Å²) in [5, 5.41) is 18.5. The summed E-state index contributed by atoms with van der Waals surface area (Å²) in [6.45, 7) is 5.94. The van der Waals surface area contributed by atoms with Gasteiger partial charge in [-0.3, -0.25) is 9.69 Å². The molecule has 5 aromatic rings. The summed E-state index contributed by atoms with van der Waals surface area (Å²) in [5.74, 6) is -2.21. The van der Waals surface area contributed by atoms with Crippen molar-refractivity contribution in [1.29, 1.82) is 0 Å². The first-order valence-corrected chi connectivity index (χ1v) is 15.1. The number of carbonyl (C=O) groups is 3. The maximum atomic E-state index is 16.0. The van der Waals surface area contributed by atoms with Crippen LogP contribution in [0, 0.1) is 5.82 Å². The van der Waals surface area contributed by atoms with Crippen molar-refractivity contribution in [1.82, 2.24) is 29.9 Å². The van der Waals surface area contributed by atoms with Gasteiger partial charge < -0.3 is 14.7 Å². The number of carboxylic acids is 1. The standard InChI is InChI=1S/C34H32FN7O5/c1-34(2,3)47-33(46)40-17-5-6-24(20-40)41(30-25-11-8-21(9-13-29(43)44)18-22(25)14-16-37-30)32(45)26-12-10-23(19-27(26)35)42-31-28(38-39-42)7-4-15-36-31/h4,7-16,18-19,24H,5-6,17,20H2,1-3H3,(H,43,44)/b13-9+/t24-/m1/s1. The Morgan fingerprint density at radius 2 is 1.89 bits per heavy atom. The summed E-state index contributed by atoms with van der Waals surface area (Å²) in [7, 11) is 0. The molecule has 4 heterocycles. The molecular weight excluding hydrogens is 605 g/mol.